The topological polar surface area (TPSA) is 92.8 Å². The Hall–Kier alpha value is -2.39. The van der Waals surface area contributed by atoms with Gasteiger partial charge in [-0.3, -0.25) is 9.52 Å². The number of sulfonamides is 1. The number of rotatable bonds is 5. The van der Waals surface area contributed by atoms with E-state index in [-0.39, 0.29) is 21.6 Å². The van der Waals surface area contributed by atoms with Crippen molar-refractivity contribution in [2.75, 3.05) is 18.4 Å². The zero-order valence-electron chi connectivity index (χ0n) is 17.6. The van der Waals surface area contributed by atoms with Crippen molar-refractivity contribution in [1.82, 2.24) is 4.90 Å². The van der Waals surface area contributed by atoms with Crippen LogP contribution in [0.15, 0.2) is 28.5 Å². The molecule has 2 heterocycles. The number of nitrogens with one attached hydrogen (secondary N) is 1. The van der Waals surface area contributed by atoms with Gasteiger partial charge < -0.3 is 9.64 Å². The van der Waals surface area contributed by atoms with Gasteiger partial charge in [0.2, 0.25) is 5.91 Å². The van der Waals surface area contributed by atoms with E-state index in [1.807, 2.05) is 13.0 Å². The van der Waals surface area contributed by atoms with Crippen LogP contribution in [-0.4, -0.2) is 38.8 Å². The Morgan fingerprint density at radius 3 is 2.65 bits per heavy atom. The van der Waals surface area contributed by atoms with Crippen molar-refractivity contribution in [3.05, 3.63) is 45.8 Å². The number of methoxy groups -OCH3 is 1. The van der Waals surface area contributed by atoms with Crippen LogP contribution in [0.5, 0.6) is 0 Å². The first-order valence-corrected chi connectivity index (χ1v) is 12.7. The van der Waals surface area contributed by atoms with Crippen molar-refractivity contribution < 1.29 is 22.7 Å². The highest BCUT2D eigenvalue weighted by atomic mass is 32.2. The van der Waals surface area contributed by atoms with Gasteiger partial charge in [0, 0.05) is 23.0 Å². The fraction of sp³-hybridized carbons (Fsp3) is 0.455. The standard InChI is InChI=1S/C22H26N2O5S2/c1-14-6-5-9-16(12-14)23-31(27,28)22-19(21(26)29-2)17-10-11-24(13-18(17)30-22)20(25)15-7-3-4-8-15/h5-6,9,12,15,23H,3-4,7-8,10-11,13H2,1-2H3. The fourth-order valence-electron chi connectivity index (χ4n) is 4.41. The van der Waals surface area contributed by atoms with E-state index in [0.717, 1.165) is 47.5 Å². The van der Waals surface area contributed by atoms with E-state index in [2.05, 4.69) is 4.72 Å². The summed E-state index contributed by atoms with van der Waals surface area (Å²) in [6.45, 7) is 2.69. The fourth-order valence-corrected chi connectivity index (χ4v) is 7.36. The second-order valence-electron chi connectivity index (χ2n) is 8.12. The maximum Gasteiger partial charge on any atom is 0.340 e. The molecular weight excluding hydrogens is 436 g/mol. The predicted octanol–water partition coefficient (Wildman–Crippen LogP) is 3.72. The van der Waals surface area contributed by atoms with Crippen LogP contribution in [-0.2, 0) is 32.5 Å². The van der Waals surface area contributed by atoms with Crippen LogP contribution in [0, 0.1) is 12.8 Å². The summed E-state index contributed by atoms with van der Waals surface area (Å²) in [6.07, 6.45) is 4.43. The van der Waals surface area contributed by atoms with Gasteiger partial charge in [-0.2, -0.15) is 0 Å². The molecule has 1 saturated carbocycles. The number of fused-ring (bicyclic) bond motifs is 1. The van der Waals surface area contributed by atoms with Crippen molar-refractivity contribution >= 4 is 38.9 Å². The summed E-state index contributed by atoms with van der Waals surface area (Å²) in [5.74, 6) is -0.469. The van der Waals surface area contributed by atoms with Crippen LogP contribution in [0.1, 0.15) is 52.0 Å². The first-order valence-electron chi connectivity index (χ1n) is 10.4. The van der Waals surface area contributed by atoms with Gasteiger partial charge in [-0.1, -0.05) is 25.0 Å². The second-order valence-corrected chi connectivity index (χ2v) is 11.1. The molecule has 1 aromatic heterocycles. The largest absolute Gasteiger partial charge is 0.465 e. The van der Waals surface area contributed by atoms with E-state index in [4.69, 9.17) is 4.74 Å². The van der Waals surface area contributed by atoms with E-state index < -0.39 is 16.0 Å². The van der Waals surface area contributed by atoms with Gasteiger partial charge in [-0.25, -0.2) is 13.2 Å². The van der Waals surface area contributed by atoms with Crippen LogP contribution in [0.3, 0.4) is 0 Å². The average Bonchev–Trinajstić information content (AvgIpc) is 3.40. The lowest BCUT2D eigenvalue weighted by Gasteiger charge is -2.29. The van der Waals surface area contributed by atoms with Crippen molar-refractivity contribution in [2.45, 2.75) is 49.8 Å². The lowest BCUT2D eigenvalue weighted by molar-refractivity contribution is -0.136. The number of nitrogens with zero attached hydrogens (tertiary/aromatic N) is 1. The number of anilines is 1. The lowest BCUT2D eigenvalue weighted by atomic mass is 10.0. The van der Waals surface area contributed by atoms with Crippen molar-refractivity contribution in [3.63, 3.8) is 0 Å². The third kappa shape index (κ3) is 4.34. The van der Waals surface area contributed by atoms with Gasteiger partial charge in [-0.15, -0.1) is 11.3 Å². The van der Waals surface area contributed by atoms with Crippen molar-refractivity contribution in [3.8, 4) is 0 Å². The Labute approximate surface area is 186 Å². The summed E-state index contributed by atoms with van der Waals surface area (Å²) in [7, 11) is -2.75. The Bertz CT molecular complexity index is 1120. The van der Waals surface area contributed by atoms with E-state index in [1.54, 1.807) is 23.1 Å². The Morgan fingerprint density at radius 2 is 1.97 bits per heavy atom. The number of ether oxygens (including phenoxy) is 1. The Kier molecular flexibility index (Phi) is 6.07. The molecule has 1 aromatic carbocycles. The minimum atomic E-state index is -4.00. The average molecular weight is 463 g/mol. The summed E-state index contributed by atoms with van der Waals surface area (Å²) in [6, 6.07) is 7.03. The summed E-state index contributed by atoms with van der Waals surface area (Å²) >= 11 is 1.05. The summed E-state index contributed by atoms with van der Waals surface area (Å²) in [4.78, 5) is 28.0. The van der Waals surface area contributed by atoms with Crippen LogP contribution >= 0.6 is 11.3 Å². The molecule has 31 heavy (non-hydrogen) atoms. The lowest BCUT2D eigenvalue weighted by Crippen LogP contribution is -2.39. The minimum absolute atomic E-state index is 0.0546. The molecule has 1 N–H and O–H groups in total. The highest BCUT2D eigenvalue weighted by Gasteiger charge is 2.36. The molecule has 0 saturated heterocycles. The smallest absolute Gasteiger partial charge is 0.340 e. The molecule has 9 heteroatoms. The zero-order chi connectivity index (χ0) is 22.2. The summed E-state index contributed by atoms with van der Waals surface area (Å²) in [5.41, 5.74) is 2.12. The first-order chi connectivity index (χ1) is 14.8. The third-order valence-electron chi connectivity index (χ3n) is 5.94. The van der Waals surface area contributed by atoms with Gasteiger partial charge in [0.1, 0.15) is 0 Å². The number of aryl methyl sites for hydroxylation is 1. The molecule has 0 unspecified atom stereocenters. The van der Waals surface area contributed by atoms with Crippen LogP contribution < -0.4 is 4.72 Å². The highest BCUT2D eigenvalue weighted by molar-refractivity contribution is 7.94. The van der Waals surface area contributed by atoms with Crippen LogP contribution in [0.4, 0.5) is 5.69 Å². The number of carbonyl (C=O) groups excluding carboxylic acids is 2. The van der Waals surface area contributed by atoms with E-state index in [0.29, 0.717) is 30.8 Å². The van der Waals surface area contributed by atoms with Gasteiger partial charge in [0.25, 0.3) is 10.0 Å². The molecule has 1 amide bonds. The zero-order valence-corrected chi connectivity index (χ0v) is 19.3. The minimum Gasteiger partial charge on any atom is -0.465 e. The molecule has 7 nitrogen and oxygen atoms in total. The van der Waals surface area contributed by atoms with Crippen molar-refractivity contribution in [1.29, 1.82) is 0 Å². The second kappa shape index (κ2) is 8.63. The van der Waals surface area contributed by atoms with E-state index in [9.17, 15) is 18.0 Å². The molecule has 1 aliphatic carbocycles. The monoisotopic (exact) mass is 462 g/mol. The number of amides is 1. The molecule has 0 spiro atoms. The number of esters is 1. The number of hydrogen-bond donors (Lipinski definition) is 1. The Balaban J connectivity index is 1.67. The molecule has 0 atom stereocenters. The van der Waals surface area contributed by atoms with Gasteiger partial charge in [0.05, 0.1) is 19.2 Å². The number of thiophene rings is 1. The quantitative estimate of drug-likeness (QED) is 0.684. The van der Waals surface area contributed by atoms with Gasteiger partial charge >= 0.3 is 5.97 Å². The number of benzene rings is 1. The van der Waals surface area contributed by atoms with Gasteiger partial charge in [0.15, 0.2) is 4.21 Å². The first kappa shape index (κ1) is 21.8. The molecule has 4 rings (SSSR count). The molecular formula is C22H26N2O5S2. The third-order valence-corrected chi connectivity index (χ3v) is 9.06. The highest BCUT2D eigenvalue weighted by Crippen LogP contribution is 2.38. The van der Waals surface area contributed by atoms with E-state index >= 15 is 0 Å². The van der Waals surface area contributed by atoms with Crippen LogP contribution in [0.25, 0.3) is 0 Å². The number of hydrogen-bond acceptors (Lipinski definition) is 6. The molecule has 0 radical (unpaired) electrons. The molecule has 1 aliphatic heterocycles. The Morgan fingerprint density at radius 1 is 1.23 bits per heavy atom. The SMILES string of the molecule is COC(=O)c1c(S(=O)(=O)Nc2cccc(C)c2)sc2c1CCN(C(=O)C1CCCC1)C2. The maximum atomic E-state index is 13.2. The molecule has 166 valence electrons. The summed E-state index contributed by atoms with van der Waals surface area (Å²) < 4.78 is 33.9. The predicted molar refractivity (Wildman–Crippen MR) is 119 cm³/mol. The maximum absolute atomic E-state index is 13.2. The normalized spacial score (nSPS) is 16.8. The summed E-state index contributed by atoms with van der Waals surface area (Å²) in [5, 5.41) is 0. The van der Waals surface area contributed by atoms with Crippen LogP contribution in [0.2, 0.25) is 0 Å². The molecule has 2 aromatic rings. The van der Waals surface area contributed by atoms with Gasteiger partial charge in [-0.05, 0) is 49.4 Å². The molecule has 2 aliphatic rings. The number of carbonyl (C=O) groups is 2. The molecule has 0 bridgehead atoms. The molecule has 1 fully saturated rings. The van der Waals surface area contributed by atoms with E-state index in [1.165, 1.54) is 7.11 Å². The van der Waals surface area contributed by atoms with Crippen molar-refractivity contribution in [2.24, 2.45) is 5.92 Å².